The lowest BCUT2D eigenvalue weighted by atomic mass is 10.1. The van der Waals surface area contributed by atoms with E-state index in [9.17, 15) is 13.2 Å². The SMILES string of the molecule is COC(=O)c1ccc(CS(=O)(=O)Nc2ccccc2SC)cc1. The number of methoxy groups -OCH3 is 1. The van der Waals surface area contributed by atoms with Crippen molar-refractivity contribution in [2.45, 2.75) is 10.6 Å². The molecule has 0 spiro atoms. The fourth-order valence-electron chi connectivity index (χ4n) is 2.01. The van der Waals surface area contributed by atoms with Crippen LogP contribution in [0.5, 0.6) is 0 Å². The molecule has 122 valence electrons. The lowest BCUT2D eigenvalue weighted by molar-refractivity contribution is 0.0600. The van der Waals surface area contributed by atoms with Gasteiger partial charge in [0.15, 0.2) is 0 Å². The van der Waals surface area contributed by atoms with E-state index in [0.29, 0.717) is 16.8 Å². The third kappa shape index (κ3) is 4.74. The first-order valence-electron chi connectivity index (χ1n) is 6.76. The van der Waals surface area contributed by atoms with Crippen molar-refractivity contribution in [1.29, 1.82) is 0 Å². The highest BCUT2D eigenvalue weighted by molar-refractivity contribution is 7.99. The van der Waals surface area contributed by atoms with Crippen LogP contribution in [0.25, 0.3) is 0 Å². The van der Waals surface area contributed by atoms with Crippen molar-refractivity contribution < 1.29 is 17.9 Å². The van der Waals surface area contributed by atoms with E-state index in [1.54, 1.807) is 36.4 Å². The van der Waals surface area contributed by atoms with E-state index in [1.165, 1.54) is 18.9 Å². The van der Waals surface area contributed by atoms with Crippen molar-refractivity contribution in [2.75, 3.05) is 18.1 Å². The third-order valence-corrected chi connectivity index (χ3v) is 5.14. The molecule has 2 aromatic rings. The Kier molecular flexibility index (Phi) is 5.68. The predicted molar refractivity (Wildman–Crippen MR) is 92.3 cm³/mol. The number of carbonyl (C=O) groups excluding carboxylic acids is 1. The minimum atomic E-state index is -3.54. The molecule has 0 aliphatic rings. The first kappa shape index (κ1) is 17.4. The topological polar surface area (TPSA) is 72.5 Å². The molecular weight excluding hydrogens is 334 g/mol. The van der Waals surface area contributed by atoms with Gasteiger partial charge in [-0.2, -0.15) is 0 Å². The second kappa shape index (κ2) is 7.52. The minimum Gasteiger partial charge on any atom is -0.465 e. The molecule has 0 aromatic heterocycles. The van der Waals surface area contributed by atoms with Crippen LogP contribution < -0.4 is 4.72 Å². The summed E-state index contributed by atoms with van der Waals surface area (Å²) in [4.78, 5) is 12.2. The average molecular weight is 351 g/mol. The molecular formula is C16H17NO4S2. The summed E-state index contributed by atoms with van der Waals surface area (Å²) in [6, 6.07) is 13.5. The maximum absolute atomic E-state index is 12.3. The maximum Gasteiger partial charge on any atom is 0.337 e. The molecule has 0 amide bonds. The number of rotatable bonds is 6. The first-order chi connectivity index (χ1) is 10.9. The van der Waals surface area contributed by atoms with Crippen molar-refractivity contribution >= 4 is 33.4 Å². The molecule has 0 saturated carbocycles. The summed E-state index contributed by atoms with van der Waals surface area (Å²) < 4.78 is 31.8. The fraction of sp³-hybridized carbons (Fsp3) is 0.188. The van der Waals surface area contributed by atoms with Gasteiger partial charge in [0.2, 0.25) is 10.0 Å². The van der Waals surface area contributed by atoms with Crippen LogP contribution in [-0.4, -0.2) is 27.8 Å². The summed E-state index contributed by atoms with van der Waals surface area (Å²) in [6.07, 6.45) is 1.89. The van der Waals surface area contributed by atoms with Crippen LogP contribution in [0.15, 0.2) is 53.4 Å². The molecule has 0 bridgehead atoms. The first-order valence-corrected chi connectivity index (χ1v) is 9.63. The summed E-state index contributed by atoms with van der Waals surface area (Å²) >= 11 is 1.47. The molecule has 0 heterocycles. The predicted octanol–water partition coefficient (Wildman–Crippen LogP) is 3.14. The zero-order valence-corrected chi connectivity index (χ0v) is 14.4. The molecule has 0 unspecified atom stereocenters. The summed E-state index contributed by atoms with van der Waals surface area (Å²) in [5, 5.41) is 0. The van der Waals surface area contributed by atoms with Crippen LogP contribution in [0.2, 0.25) is 0 Å². The standard InChI is InChI=1S/C16H17NO4S2/c1-21-16(18)13-9-7-12(8-10-13)11-23(19,20)17-14-5-3-4-6-15(14)22-2/h3-10,17H,11H2,1-2H3. The van der Waals surface area contributed by atoms with Crippen LogP contribution in [-0.2, 0) is 20.5 Å². The van der Waals surface area contributed by atoms with E-state index in [2.05, 4.69) is 9.46 Å². The van der Waals surface area contributed by atoms with E-state index in [4.69, 9.17) is 0 Å². The smallest absolute Gasteiger partial charge is 0.337 e. The Morgan fingerprint density at radius 1 is 1.13 bits per heavy atom. The Morgan fingerprint density at radius 2 is 1.78 bits per heavy atom. The van der Waals surface area contributed by atoms with Gasteiger partial charge in [-0.1, -0.05) is 24.3 Å². The number of thioether (sulfide) groups is 1. The van der Waals surface area contributed by atoms with Crippen molar-refractivity contribution in [1.82, 2.24) is 0 Å². The van der Waals surface area contributed by atoms with Gasteiger partial charge in [0, 0.05) is 4.90 Å². The minimum absolute atomic E-state index is 0.169. The van der Waals surface area contributed by atoms with Gasteiger partial charge >= 0.3 is 5.97 Å². The molecule has 2 aromatic carbocycles. The lowest BCUT2D eigenvalue weighted by Gasteiger charge is -2.11. The monoisotopic (exact) mass is 351 g/mol. The average Bonchev–Trinajstić information content (AvgIpc) is 2.54. The fourth-order valence-corrected chi connectivity index (χ4v) is 3.84. The number of nitrogens with one attached hydrogen (secondary N) is 1. The summed E-state index contributed by atoms with van der Waals surface area (Å²) in [7, 11) is -2.24. The molecule has 7 heteroatoms. The molecule has 0 fully saturated rings. The van der Waals surface area contributed by atoms with Gasteiger partial charge in [-0.25, -0.2) is 13.2 Å². The largest absolute Gasteiger partial charge is 0.465 e. The quantitative estimate of drug-likeness (QED) is 0.639. The molecule has 0 aliphatic carbocycles. The van der Waals surface area contributed by atoms with E-state index in [0.717, 1.165) is 4.90 Å². The highest BCUT2D eigenvalue weighted by atomic mass is 32.2. The lowest BCUT2D eigenvalue weighted by Crippen LogP contribution is -2.15. The van der Waals surface area contributed by atoms with Crippen LogP contribution in [0.1, 0.15) is 15.9 Å². The van der Waals surface area contributed by atoms with Gasteiger partial charge in [-0.05, 0) is 36.1 Å². The summed E-state index contributed by atoms with van der Waals surface area (Å²) in [5.74, 6) is -0.622. The van der Waals surface area contributed by atoms with E-state index >= 15 is 0 Å². The van der Waals surface area contributed by atoms with E-state index in [1.807, 2.05) is 18.4 Å². The van der Waals surface area contributed by atoms with E-state index in [-0.39, 0.29) is 5.75 Å². The number of ether oxygens (including phenoxy) is 1. The number of carbonyl (C=O) groups is 1. The number of esters is 1. The highest BCUT2D eigenvalue weighted by Gasteiger charge is 2.14. The second-order valence-electron chi connectivity index (χ2n) is 4.75. The maximum atomic E-state index is 12.3. The number of hydrogen-bond donors (Lipinski definition) is 1. The van der Waals surface area contributed by atoms with Gasteiger partial charge < -0.3 is 4.74 Å². The van der Waals surface area contributed by atoms with Gasteiger partial charge in [0.1, 0.15) is 0 Å². The molecule has 5 nitrogen and oxygen atoms in total. The Hall–Kier alpha value is -1.99. The van der Waals surface area contributed by atoms with Gasteiger partial charge in [0.05, 0.1) is 24.1 Å². The van der Waals surface area contributed by atoms with Crippen LogP contribution in [0, 0.1) is 0 Å². The van der Waals surface area contributed by atoms with Crippen LogP contribution in [0.3, 0.4) is 0 Å². The Labute approximate surface area is 140 Å². The molecule has 2 rings (SSSR count). The van der Waals surface area contributed by atoms with Crippen LogP contribution in [0.4, 0.5) is 5.69 Å². The normalized spacial score (nSPS) is 11.0. The number of para-hydroxylation sites is 1. The Balaban J connectivity index is 2.13. The third-order valence-electron chi connectivity index (χ3n) is 3.10. The van der Waals surface area contributed by atoms with Crippen molar-refractivity contribution in [2.24, 2.45) is 0 Å². The van der Waals surface area contributed by atoms with Crippen molar-refractivity contribution in [3.8, 4) is 0 Å². The zero-order chi connectivity index (χ0) is 16.9. The van der Waals surface area contributed by atoms with Crippen molar-refractivity contribution in [3.63, 3.8) is 0 Å². The second-order valence-corrected chi connectivity index (χ2v) is 7.32. The summed E-state index contributed by atoms with van der Waals surface area (Å²) in [5.41, 5.74) is 1.53. The molecule has 23 heavy (non-hydrogen) atoms. The molecule has 0 radical (unpaired) electrons. The number of hydrogen-bond acceptors (Lipinski definition) is 5. The Bertz CT molecular complexity index is 786. The summed E-state index contributed by atoms with van der Waals surface area (Å²) in [6.45, 7) is 0. The molecule has 0 aliphatic heterocycles. The molecule has 1 N–H and O–H groups in total. The van der Waals surface area contributed by atoms with Crippen LogP contribution >= 0.6 is 11.8 Å². The molecule has 0 atom stereocenters. The highest BCUT2D eigenvalue weighted by Crippen LogP contribution is 2.26. The number of sulfonamides is 1. The van der Waals surface area contributed by atoms with Gasteiger partial charge in [0.25, 0.3) is 0 Å². The van der Waals surface area contributed by atoms with Crippen molar-refractivity contribution in [3.05, 3.63) is 59.7 Å². The number of anilines is 1. The van der Waals surface area contributed by atoms with Gasteiger partial charge in [-0.15, -0.1) is 11.8 Å². The zero-order valence-electron chi connectivity index (χ0n) is 12.8. The number of benzene rings is 2. The Morgan fingerprint density at radius 3 is 2.39 bits per heavy atom. The van der Waals surface area contributed by atoms with Gasteiger partial charge in [-0.3, -0.25) is 4.72 Å². The molecule has 0 saturated heterocycles. The van der Waals surface area contributed by atoms with E-state index < -0.39 is 16.0 Å².